The molecule has 0 saturated heterocycles. The highest BCUT2D eigenvalue weighted by molar-refractivity contribution is 5.16. The van der Waals surface area contributed by atoms with Crippen molar-refractivity contribution in [3.63, 3.8) is 0 Å². The van der Waals surface area contributed by atoms with Crippen molar-refractivity contribution in [3.05, 3.63) is 11.1 Å². The molecule has 1 N–H and O–H groups in total. The predicted molar refractivity (Wildman–Crippen MR) is 47.4 cm³/mol. The van der Waals surface area contributed by atoms with E-state index in [0.717, 1.165) is 12.8 Å². The molecule has 1 aliphatic carbocycles. The average molecular weight is 154 g/mol. The van der Waals surface area contributed by atoms with Gasteiger partial charge < -0.3 is 5.11 Å². The highest BCUT2D eigenvalue weighted by atomic mass is 16.3. The molecule has 0 unspecified atom stereocenters. The molecule has 1 heteroatoms. The molecule has 1 rings (SSSR count). The lowest BCUT2D eigenvalue weighted by molar-refractivity contribution is 0.152. The van der Waals surface area contributed by atoms with Gasteiger partial charge in [0.25, 0.3) is 0 Å². The van der Waals surface area contributed by atoms with Crippen LogP contribution in [0.5, 0.6) is 0 Å². The fourth-order valence-corrected chi connectivity index (χ4v) is 1.79. The zero-order valence-electron chi connectivity index (χ0n) is 7.72. The summed E-state index contributed by atoms with van der Waals surface area (Å²) in [6.45, 7) is 6.40. The summed E-state index contributed by atoms with van der Waals surface area (Å²) < 4.78 is 0. The van der Waals surface area contributed by atoms with Gasteiger partial charge in [-0.2, -0.15) is 0 Å². The molecule has 0 heterocycles. The molecule has 11 heavy (non-hydrogen) atoms. The van der Waals surface area contributed by atoms with E-state index >= 15 is 0 Å². The number of hydrogen-bond donors (Lipinski definition) is 1. The van der Waals surface area contributed by atoms with E-state index in [1.807, 2.05) is 0 Å². The molecule has 0 spiro atoms. The number of rotatable bonds is 0. The SMILES string of the molecule is CC(C)=C1CC[C@H](C)C[C@@H]1O. The predicted octanol–water partition coefficient (Wildman–Crippen LogP) is 2.50. The van der Waals surface area contributed by atoms with Crippen LogP contribution in [0.4, 0.5) is 0 Å². The van der Waals surface area contributed by atoms with Crippen molar-refractivity contribution in [1.29, 1.82) is 0 Å². The van der Waals surface area contributed by atoms with Gasteiger partial charge in [-0.1, -0.05) is 12.5 Å². The van der Waals surface area contributed by atoms with E-state index in [9.17, 15) is 5.11 Å². The Hall–Kier alpha value is -0.300. The van der Waals surface area contributed by atoms with Crippen molar-refractivity contribution in [2.24, 2.45) is 5.92 Å². The quantitative estimate of drug-likeness (QED) is 0.531. The third-order valence-corrected chi connectivity index (χ3v) is 2.58. The van der Waals surface area contributed by atoms with Gasteiger partial charge in [0.1, 0.15) is 0 Å². The summed E-state index contributed by atoms with van der Waals surface area (Å²) in [7, 11) is 0. The molecule has 0 bridgehead atoms. The molecule has 1 aliphatic rings. The van der Waals surface area contributed by atoms with Gasteiger partial charge in [-0.25, -0.2) is 0 Å². The summed E-state index contributed by atoms with van der Waals surface area (Å²) in [5.41, 5.74) is 2.59. The summed E-state index contributed by atoms with van der Waals surface area (Å²) in [5.74, 6) is 0.702. The second-order valence-corrected chi connectivity index (χ2v) is 3.92. The summed E-state index contributed by atoms with van der Waals surface area (Å²) in [6, 6.07) is 0. The van der Waals surface area contributed by atoms with Crippen molar-refractivity contribution >= 4 is 0 Å². The molecule has 1 fully saturated rings. The van der Waals surface area contributed by atoms with Gasteiger partial charge in [0.05, 0.1) is 6.10 Å². The minimum Gasteiger partial charge on any atom is -0.389 e. The first kappa shape index (κ1) is 8.79. The first-order valence-corrected chi connectivity index (χ1v) is 4.45. The first-order chi connectivity index (χ1) is 5.11. The van der Waals surface area contributed by atoms with Gasteiger partial charge >= 0.3 is 0 Å². The third-order valence-electron chi connectivity index (χ3n) is 2.58. The molecule has 0 aromatic carbocycles. The van der Waals surface area contributed by atoms with Crippen LogP contribution in [0, 0.1) is 5.92 Å². The molecule has 0 aromatic heterocycles. The second-order valence-electron chi connectivity index (χ2n) is 3.92. The zero-order valence-corrected chi connectivity index (χ0v) is 7.72. The molecule has 0 radical (unpaired) electrons. The van der Waals surface area contributed by atoms with E-state index in [1.165, 1.54) is 17.6 Å². The normalized spacial score (nSPS) is 32.2. The van der Waals surface area contributed by atoms with Crippen LogP contribution in [0.3, 0.4) is 0 Å². The van der Waals surface area contributed by atoms with Crippen molar-refractivity contribution < 1.29 is 5.11 Å². The van der Waals surface area contributed by atoms with E-state index in [0.29, 0.717) is 5.92 Å². The summed E-state index contributed by atoms with van der Waals surface area (Å²) in [6.07, 6.45) is 3.16. The average Bonchev–Trinajstić information content (AvgIpc) is 1.85. The molecule has 2 atom stereocenters. The molecule has 0 amide bonds. The van der Waals surface area contributed by atoms with Crippen LogP contribution >= 0.6 is 0 Å². The maximum Gasteiger partial charge on any atom is 0.0755 e. The van der Waals surface area contributed by atoms with E-state index in [4.69, 9.17) is 0 Å². The van der Waals surface area contributed by atoms with Crippen molar-refractivity contribution in [1.82, 2.24) is 0 Å². The van der Waals surface area contributed by atoms with Crippen LogP contribution in [0.1, 0.15) is 40.0 Å². The fraction of sp³-hybridized carbons (Fsp3) is 0.800. The molecule has 1 nitrogen and oxygen atoms in total. The van der Waals surface area contributed by atoms with Gasteiger partial charge in [-0.15, -0.1) is 0 Å². The van der Waals surface area contributed by atoms with Crippen LogP contribution in [0.15, 0.2) is 11.1 Å². The summed E-state index contributed by atoms with van der Waals surface area (Å²) in [4.78, 5) is 0. The van der Waals surface area contributed by atoms with E-state index in [1.54, 1.807) is 0 Å². The van der Waals surface area contributed by atoms with Crippen molar-refractivity contribution in [3.8, 4) is 0 Å². The number of hydrogen-bond acceptors (Lipinski definition) is 1. The van der Waals surface area contributed by atoms with Crippen molar-refractivity contribution in [2.75, 3.05) is 0 Å². The molecule has 0 aliphatic heterocycles. The van der Waals surface area contributed by atoms with Gasteiger partial charge in [-0.05, 0) is 44.6 Å². The van der Waals surface area contributed by atoms with Crippen LogP contribution in [0.25, 0.3) is 0 Å². The Morgan fingerprint density at radius 2 is 2.09 bits per heavy atom. The van der Waals surface area contributed by atoms with Gasteiger partial charge in [-0.3, -0.25) is 0 Å². The Labute approximate surface area is 69.1 Å². The highest BCUT2D eigenvalue weighted by Gasteiger charge is 2.21. The van der Waals surface area contributed by atoms with Crippen LogP contribution in [-0.2, 0) is 0 Å². The molecular weight excluding hydrogens is 136 g/mol. The van der Waals surface area contributed by atoms with Crippen LogP contribution < -0.4 is 0 Å². The van der Waals surface area contributed by atoms with Crippen LogP contribution in [-0.4, -0.2) is 11.2 Å². The van der Waals surface area contributed by atoms with E-state index in [2.05, 4.69) is 20.8 Å². The molecular formula is C10H18O. The smallest absolute Gasteiger partial charge is 0.0755 e. The van der Waals surface area contributed by atoms with Crippen LogP contribution in [0.2, 0.25) is 0 Å². The molecule has 64 valence electrons. The number of aliphatic hydroxyl groups excluding tert-OH is 1. The maximum atomic E-state index is 9.65. The maximum absolute atomic E-state index is 9.65. The lowest BCUT2D eigenvalue weighted by atomic mass is 9.83. The Kier molecular flexibility index (Phi) is 2.72. The van der Waals surface area contributed by atoms with E-state index < -0.39 is 0 Å². The zero-order chi connectivity index (χ0) is 8.43. The first-order valence-electron chi connectivity index (χ1n) is 4.45. The minimum atomic E-state index is -0.149. The van der Waals surface area contributed by atoms with Gasteiger partial charge in [0.15, 0.2) is 0 Å². The number of allylic oxidation sites excluding steroid dienone is 1. The lowest BCUT2D eigenvalue weighted by Crippen LogP contribution is -2.21. The van der Waals surface area contributed by atoms with E-state index in [-0.39, 0.29) is 6.10 Å². The minimum absolute atomic E-state index is 0.149. The Morgan fingerprint density at radius 1 is 1.45 bits per heavy atom. The topological polar surface area (TPSA) is 20.2 Å². The van der Waals surface area contributed by atoms with Gasteiger partial charge in [0, 0.05) is 0 Å². The third kappa shape index (κ3) is 2.06. The molecule has 0 aromatic rings. The molecule has 1 saturated carbocycles. The summed E-state index contributed by atoms with van der Waals surface area (Å²) >= 11 is 0. The Balaban J connectivity index is 2.65. The Morgan fingerprint density at radius 3 is 2.55 bits per heavy atom. The fourth-order valence-electron chi connectivity index (χ4n) is 1.79. The highest BCUT2D eigenvalue weighted by Crippen LogP contribution is 2.29. The lowest BCUT2D eigenvalue weighted by Gasteiger charge is -2.26. The largest absolute Gasteiger partial charge is 0.389 e. The monoisotopic (exact) mass is 154 g/mol. The van der Waals surface area contributed by atoms with Crippen molar-refractivity contribution in [2.45, 2.75) is 46.1 Å². The summed E-state index contributed by atoms with van der Waals surface area (Å²) in [5, 5.41) is 9.65. The van der Waals surface area contributed by atoms with Gasteiger partial charge in [0.2, 0.25) is 0 Å². The standard InChI is InChI=1S/C10H18O/c1-7(2)9-5-4-8(3)6-10(9)11/h8,10-11H,4-6H2,1-3H3/t8-,10-/m0/s1. The second kappa shape index (κ2) is 3.40. The number of aliphatic hydroxyl groups is 1. The Bertz CT molecular complexity index is 166.